The summed E-state index contributed by atoms with van der Waals surface area (Å²) in [4.78, 5) is 36.3. The number of hydrogen-bond donors (Lipinski definition) is 0. The first-order valence-corrected chi connectivity index (χ1v) is 11.1. The Balaban J connectivity index is 1.60. The minimum absolute atomic E-state index is 0.152. The third-order valence-corrected chi connectivity index (χ3v) is 7.39. The smallest absolute Gasteiger partial charge is 0.330 e. The first-order valence-electron chi connectivity index (χ1n) is 9.29. The van der Waals surface area contributed by atoms with Crippen molar-refractivity contribution in [3.8, 4) is 0 Å². The largest absolute Gasteiger partial charge is 0.459 e. The zero-order valence-corrected chi connectivity index (χ0v) is 18.1. The van der Waals surface area contributed by atoms with E-state index in [1.165, 1.54) is 53.3 Å². The van der Waals surface area contributed by atoms with Crippen LogP contribution >= 0.6 is 11.6 Å². The second-order valence-corrected chi connectivity index (χ2v) is 9.49. The molecule has 0 saturated carbocycles. The molecule has 3 rings (SSSR count). The first kappa shape index (κ1) is 22.3. The molecule has 2 aromatic rings. The molecule has 0 atom stereocenters. The maximum Gasteiger partial charge on any atom is 0.330 e. The molecule has 30 heavy (non-hydrogen) atoms. The Hall–Kier alpha value is -2.43. The average molecular weight is 456 g/mol. The molecule has 1 fully saturated rings. The lowest BCUT2D eigenvalue weighted by atomic mass is 9.98. The molecule has 1 aliphatic rings. The van der Waals surface area contributed by atoms with Crippen molar-refractivity contribution < 1.29 is 17.9 Å². The number of carbonyl (C=O) groups is 1. The molecule has 162 valence electrons. The van der Waals surface area contributed by atoms with Crippen molar-refractivity contribution in [2.75, 3.05) is 13.1 Å². The second kappa shape index (κ2) is 8.75. The van der Waals surface area contributed by atoms with Crippen LogP contribution < -0.4 is 11.2 Å². The van der Waals surface area contributed by atoms with E-state index in [0.717, 1.165) is 4.57 Å². The summed E-state index contributed by atoms with van der Waals surface area (Å²) in [5.41, 5.74) is -0.696. The zero-order valence-electron chi connectivity index (χ0n) is 16.6. The van der Waals surface area contributed by atoms with Gasteiger partial charge in [-0.3, -0.25) is 18.7 Å². The van der Waals surface area contributed by atoms with E-state index >= 15 is 0 Å². The summed E-state index contributed by atoms with van der Waals surface area (Å²) < 4.78 is 34.3. The van der Waals surface area contributed by atoms with Crippen molar-refractivity contribution in [1.29, 1.82) is 0 Å². The highest BCUT2D eigenvalue weighted by atomic mass is 35.5. The number of benzene rings is 1. The molecule has 1 aromatic carbocycles. The molecule has 0 spiro atoms. The van der Waals surface area contributed by atoms with Crippen LogP contribution in [0.1, 0.15) is 18.5 Å². The van der Waals surface area contributed by atoms with Crippen LogP contribution in [0.4, 0.5) is 0 Å². The van der Waals surface area contributed by atoms with Gasteiger partial charge in [-0.05, 0) is 37.1 Å². The van der Waals surface area contributed by atoms with Gasteiger partial charge in [-0.25, -0.2) is 13.2 Å². The van der Waals surface area contributed by atoms with E-state index in [-0.39, 0.29) is 24.6 Å². The Morgan fingerprint density at radius 1 is 1.10 bits per heavy atom. The molecule has 1 aliphatic heterocycles. The summed E-state index contributed by atoms with van der Waals surface area (Å²) in [6, 6.07) is 7.18. The number of halogens is 1. The van der Waals surface area contributed by atoms with E-state index in [1.807, 2.05) is 0 Å². The molecule has 1 saturated heterocycles. The third-order valence-electron chi connectivity index (χ3n) is 5.23. The SMILES string of the molecule is Cn1c(COC(=O)C2CCN(S(=O)(=O)c3ccc(Cl)cc3)CC2)cc(=O)n(C)c1=O. The quantitative estimate of drug-likeness (QED) is 0.619. The Bertz CT molecular complexity index is 1160. The fourth-order valence-electron chi connectivity index (χ4n) is 3.27. The highest BCUT2D eigenvalue weighted by Crippen LogP contribution is 2.25. The van der Waals surface area contributed by atoms with Gasteiger partial charge in [0.15, 0.2) is 0 Å². The zero-order chi connectivity index (χ0) is 22.1. The fourth-order valence-corrected chi connectivity index (χ4v) is 4.86. The van der Waals surface area contributed by atoms with E-state index < -0.39 is 33.2 Å². The van der Waals surface area contributed by atoms with Crippen molar-refractivity contribution >= 4 is 27.6 Å². The Labute approximate surface area is 178 Å². The van der Waals surface area contributed by atoms with Crippen molar-refractivity contribution in [1.82, 2.24) is 13.4 Å². The fraction of sp³-hybridized carbons (Fsp3) is 0.421. The van der Waals surface area contributed by atoms with Gasteiger partial charge in [0.2, 0.25) is 10.0 Å². The van der Waals surface area contributed by atoms with E-state index in [2.05, 4.69) is 0 Å². The molecule has 11 heteroatoms. The average Bonchev–Trinajstić information content (AvgIpc) is 2.74. The summed E-state index contributed by atoms with van der Waals surface area (Å²) in [6.07, 6.45) is 0.641. The van der Waals surface area contributed by atoms with E-state index in [4.69, 9.17) is 16.3 Å². The number of piperidine rings is 1. The van der Waals surface area contributed by atoms with Gasteiger partial charge in [-0.15, -0.1) is 0 Å². The summed E-state index contributed by atoms with van der Waals surface area (Å²) in [6.45, 7) is 0.175. The molecule has 0 aliphatic carbocycles. The minimum Gasteiger partial charge on any atom is -0.459 e. The first-order chi connectivity index (χ1) is 14.1. The molecule has 0 bridgehead atoms. The summed E-state index contributed by atoms with van der Waals surface area (Å²) in [5.74, 6) is -0.933. The number of rotatable bonds is 5. The van der Waals surface area contributed by atoms with E-state index in [1.54, 1.807) is 0 Å². The normalized spacial score (nSPS) is 15.8. The number of nitrogens with zero attached hydrogens (tertiary/aromatic N) is 3. The maximum atomic E-state index is 12.7. The van der Waals surface area contributed by atoms with Crippen molar-refractivity contribution in [2.24, 2.45) is 20.0 Å². The Morgan fingerprint density at radius 2 is 1.70 bits per heavy atom. The van der Waals surface area contributed by atoms with Gasteiger partial charge in [-0.1, -0.05) is 11.6 Å². The van der Waals surface area contributed by atoms with Gasteiger partial charge < -0.3 is 4.74 Å². The number of sulfonamides is 1. The van der Waals surface area contributed by atoms with Crippen LogP contribution in [0, 0.1) is 5.92 Å². The molecule has 0 N–H and O–H groups in total. The number of carbonyl (C=O) groups excluding carboxylic acids is 1. The third kappa shape index (κ3) is 4.50. The Morgan fingerprint density at radius 3 is 2.30 bits per heavy atom. The van der Waals surface area contributed by atoms with Crippen LogP contribution in [0.5, 0.6) is 0 Å². The molecule has 1 aromatic heterocycles. The van der Waals surface area contributed by atoms with E-state index in [9.17, 15) is 22.8 Å². The van der Waals surface area contributed by atoms with Gasteiger partial charge in [0.25, 0.3) is 5.56 Å². The number of hydrogen-bond acceptors (Lipinski definition) is 6. The van der Waals surface area contributed by atoms with E-state index in [0.29, 0.717) is 23.6 Å². The van der Waals surface area contributed by atoms with Gasteiger partial charge >= 0.3 is 11.7 Å². The summed E-state index contributed by atoms with van der Waals surface area (Å²) in [5, 5.41) is 0.448. The van der Waals surface area contributed by atoms with Gasteiger partial charge in [0.05, 0.1) is 16.5 Å². The predicted octanol–water partition coefficient (Wildman–Crippen LogP) is 0.881. The van der Waals surface area contributed by atoms with Crippen LogP contribution in [0.2, 0.25) is 5.02 Å². The summed E-state index contributed by atoms with van der Waals surface area (Å²) >= 11 is 5.81. The highest BCUT2D eigenvalue weighted by Gasteiger charge is 2.32. The van der Waals surface area contributed by atoms with Crippen molar-refractivity contribution in [3.63, 3.8) is 0 Å². The lowest BCUT2D eigenvalue weighted by Gasteiger charge is -2.30. The molecule has 0 unspecified atom stereocenters. The molecular formula is C19H22ClN3O6S. The molecular weight excluding hydrogens is 434 g/mol. The van der Waals surface area contributed by atoms with Crippen LogP contribution in [0.15, 0.2) is 44.8 Å². The van der Waals surface area contributed by atoms with Crippen LogP contribution in [0.3, 0.4) is 0 Å². The molecule has 0 amide bonds. The summed E-state index contributed by atoms with van der Waals surface area (Å²) in [7, 11) is -0.796. The number of aromatic nitrogens is 2. The van der Waals surface area contributed by atoms with Crippen molar-refractivity contribution in [2.45, 2.75) is 24.3 Å². The van der Waals surface area contributed by atoms with Gasteiger partial charge in [-0.2, -0.15) is 4.31 Å². The minimum atomic E-state index is -3.65. The second-order valence-electron chi connectivity index (χ2n) is 7.11. The van der Waals surface area contributed by atoms with Crippen LogP contribution in [0.25, 0.3) is 0 Å². The lowest BCUT2D eigenvalue weighted by molar-refractivity contribution is -0.151. The standard InChI is InChI=1S/C19H22ClN3O6S/c1-21-15(11-17(24)22(2)19(21)26)12-29-18(25)13-7-9-23(10-8-13)30(27,28)16-5-3-14(20)4-6-16/h3-6,11,13H,7-10,12H2,1-2H3. The van der Waals surface area contributed by atoms with Crippen molar-refractivity contribution in [3.05, 3.63) is 61.9 Å². The molecule has 2 heterocycles. The maximum absolute atomic E-state index is 12.7. The van der Waals surface area contributed by atoms with Gasteiger partial charge in [0.1, 0.15) is 6.61 Å². The monoisotopic (exact) mass is 455 g/mol. The lowest BCUT2D eigenvalue weighted by Crippen LogP contribution is -2.41. The van der Waals surface area contributed by atoms with Gasteiger partial charge in [0, 0.05) is 38.3 Å². The molecule has 9 nitrogen and oxygen atoms in total. The molecule has 0 radical (unpaired) electrons. The predicted molar refractivity (Wildman–Crippen MR) is 110 cm³/mol. The number of esters is 1. The Kier molecular flexibility index (Phi) is 6.49. The topological polar surface area (TPSA) is 108 Å². The highest BCUT2D eigenvalue weighted by molar-refractivity contribution is 7.89. The number of ether oxygens (including phenoxy) is 1. The van der Waals surface area contributed by atoms with Crippen LogP contribution in [-0.2, 0) is 40.3 Å². The van der Waals surface area contributed by atoms with Crippen LogP contribution in [-0.4, -0.2) is 40.9 Å².